The zero-order valence-electron chi connectivity index (χ0n) is 11.5. The van der Waals surface area contributed by atoms with Crippen LogP contribution in [0.5, 0.6) is 0 Å². The Hall–Kier alpha value is -1.10. The summed E-state index contributed by atoms with van der Waals surface area (Å²) in [6, 6.07) is 7.73. The van der Waals surface area contributed by atoms with Gasteiger partial charge in [0, 0.05) is 43.3 Å². The molecule has 1 aromatic rings. The molecule has 1 aliphatic heterocycles. The summed E-state index contributed by atoms with van der Waals surface area (Å²) in [5.74, 6) is 0. The smallest absolute Gasteiger partial charge is 0.106 e. The van der Waals surface area contributed by atoms with Crippen molar-refractivity contribution in [3.05, 3.63) is 34.9 Å². The number of hydrogen-bond donors (Lipinski definition) is 0. The van der Waals surface area contributed by atoms with Gasteiger partial charge in [-0.05, 0) is 19.2 Å². The molecule has 4 nitrogen and oxygen atoms in total. The van der Waals surface area contributed by atoms with E-state index < -0.39 is 0 Å². The maximum absolute atomic E-state index is 5.91. The summed E-state index contributed by atoms with van der Waals surface area (Å²) in [6.45, 7) is 5.13. The van der Waals surface area contributed by atoms with Crippen LogP contribution in [0.1, 0.15) is 5.56 Å². The van der Waals surface area contributed by atoms with E-state index in [-0.39, 0.29) is 0 Å². The van der Waals surface area contributed by atoms with Gasteiger partial charge in [-0.2, -0.15) is 0 Å². The van der Waals surface area contributed by atoms with Crippen LogP contribution in [0.3, 0.4) is 0 Å². The number of halogens is 1. The van der Waals surface area contributed by atoms with Gasteiger partial charge in [0.15, 0.2) is 0 Å². The molecule has 0 radical (unpaired) electrons. The third-order valence-electron chi connectivity index (χ3n) is 3.35. The molecule has 5 heteroatoms. The molecule has 0 saturated carbocycles. The van der Waals surface area contributed by atoms with E-state index in [4.69, 9.17) is 16.4 Å². The van der Waals surface area contributed by atoms with E-state index in [1.165, 1.54) is 0 Å². The van der Waals surface area contributed by atoms with Crippen LogP contribution in [0.4, 0.5) is 0 Å². The lowest BCUT2D eigenvalue weighted by Gasteiger charge is -2.32. The molecule has 0 unspecified atom stereocenters. The van der Waals surface area contributed by atoms with Gasteiger partial charge in [0.05, 0.1) is 0 Å². The Morgan fingerprint density at radius 3 is 2.42 bits per heavy atom. The van der Waals surface area contributed by atoms with Gasteiger partial charge in [0.1, 0.15) is 12.8 Å². The van der Waals surface area contributed by atoms with Crippen molar-refractivity contribution in [1.82, 2.24) is 9.80 Å². The first-order chi connectivity index (χ1) is 9.19. The monoisotopic (exact) mass is 281 g/mol. The molecule has 19 heavy (non-hydrogen) atoms. The van der Waals surface area contributed by atoms with Crippen molar-refractivity contribution in [2.24, 2.45) is 5.16 Å². The molecule has 0 spiro atoms. The average molecular weight is 282 g/mol. The summed E-state index contributed by atoms with van der Waals surface area (Å²) in [7, 11) is 3.74. The molecule has 1 aliphatic rings. The highest BCUT2D eigenvalue weighted by Crippen LogP contribution is 2.12. The van der Waals surface area contributed by atoms with E-state index in [9.17, 15) is 0 Å². The van der Waals surface area contributed by atoms with Gasteiger partial charge < -0.3 is 9.74 Å². The van der Waals surface area contributed by atoms with E-state index >= 15 is 0 Å². The quantitative estimate of drug-likeness (QED) is 0.624. The van der Waals surface area contributed by atoms with Gasteiger partial charge in [-0.25, -0.2) is 0 Å². The van der Waals surface area contributed by atoms with Crippen LogP contribution in [-0.4, -0.2) is 62.4 Å². The molecule has 2 rings (SSSR count). The molecular weight excluding hydrogens is 262 g/mol. The topological polar surface area (TPSA) is 28.1 Å². The molecule has 0 aliphatic carbocycles. The molecule has 1 saturated heterocycles. The van der Waals surface area contributed by atoms with Crippen LogP contribution in [0, 0.1) is 0 Å². The Bertz CT molecular complexity index is 425. The van der Waals surface area contributed by atoms with Gasteiger partial charge in [-0.3, -0.25) is 4.90 Å². The summed E-state index contributed by atoms with van der Waals surface area (Å²) in [6.07, 6.45) is 0. The normalized spacial score (nSPS) is 18.6. The first-order valence-electron chi connectivity index (χ1n) is 6.46. The van der Waals surface area contributed by atoms with Gasteiger partial charge in [0.25, 0.3) is 0 Å². The van der Waals surface area contributed by atoms with Crippen molar-refractivity contribution >= 4 is 17.3 Å². The largest absolute Gasteiger partial charge is 0.399 e. The van der Waals surface area contributed by atoms with Crippen molar-refractivity contribution < 1.29 is 4.84 Å². The van der Waals surface area contributed by atoms with Crippen LogP contribution in [-0.2, 0) is 4.84 Å². The molecular formula is C14H20ClN3O. The van der Waals surface area contributed by atoms with E-state index in [0.29, 0.717) is 0 Å². The average Bonchev–Trinajstić information content (AvgIpc) is 2.42. The van der Waals surface area contributed by atoms with Crippen LogP contribution >= 0.6 is 11.6 Å². The van der Waals surface area contributed by atoms with E-state index in [1.807, 2.05) is 24.3 Å². The fourth-order valence-corrected chi connectivity index (χ4v) is 2.27. The standard InChI is InChI=1S/C14H20ClN3O/c1-17-7-9-18(10-8-17)11-14(16-19-2)12-3-5-13(15)6-4-12/h3-6H,7-11H2,1-2H3/b16-14+. The SMILES string of the molecule is CO/N=C(\CN1CCN(C)CC1)c1ccc(Cl)cc1. The van der Waals surface area contributed by atoms with E-state index in [0.717, 1.165) is 49.0 Å². The summed E-state index contributed by atoms with van der Waals surface area (Å²) >= 11 is 5.91. The first kappa shape index (κ1) is 14.3. The molecule has 104 valence electrons. The summed E-state index contributed by atoms with van der Waals surface area (Å²) < 4.78 is 0. The van der Waals surface area contributed by atoms with Crippen molar-refractivity contribution in [2.75, 3.05) is 46.9 Å². The molecule has 1 aromatic carbocycles. The molecule has 1 fully saturated rings. The molecule has 0 aromatic heterocycles. The minimum absolute atomic E-state index is 0.736. The second kappa shape index (κ2) is 6.89. The Labute approximate surface area is 119 Å². The Morgan fingerprint density at radius 2 is 1.84 bits per heavy atom. The van der Waals surface area contributed by atoms with Crippen LogP contribution < -0.4 is 0 Å². The Morgan fingerprint density at radius 1 is 1.21 bits per heavy atom. The number of rotatable bonds is 4. The third kappa shape index (κ3) is 4.20. The lowest BCUT2D eigenvalue weighted by atomic mass is 10.1. The zero-order valence-corrected chi connectivity index (χ0v) is 12.2. The molecule has 0 atom stereocenters. The number of hydrogen-bond acceptors (Lipinski definition) is 4. The van der Waals surface area contributed by atoms with Gasteiger partial charge >= 0.3 is 0 Å². The first-order valence-corrected chi connectivity index (χ1v) is 6.83. The van der Waals surface area contributed by atoms with E-state index in [1.54, 1.807) is 7.11 Å². The maximum Gasteiger partial charge on any atom is 0.106 e. The van der Waals surface area contributed by atoms with Crippen molar-refractivity contribution in [3.8, 4) is 0 Å². The highest BCUT2D eigenvalue weighted by molar-refractivity contribution is 6.30. The second-order valence-corrected chi connectivity index (χ2v) is 5.24. The maximum atomic E-state index is 5.91. The minimum atomic E-state index is 0.736. The van der Waals surface area contributed by atoms with Crippen LogP contribution in [0.2, 0.25) is 5.02 Å². The number of piperazine rings is 1. The highest BCUT2D eigenvalue weighted by Gasteiger charge is 2.16. The summed E-state index contributed by atoms with van der Waals surface area (Å²) in [5.41, 5.74) is 2.01. The van der Waals surface area contributed by atoms with E-state index in [2.05, 4.69) is 22.0 Å². The minimum Gasteiger partial charge on any atom is -0.399 e. The zero-order chi connectivity index (χ0) is 13.7. The predicted molar refractivity (Wildman–Crippen MR) is 78.9 cm³/mol. The second-order valence-electron chi connectivity index (χ2n) is 4.81. The lowest BCUT2D eigenvalue weighted by molar-refractivity contribution is 0.166. The molecule has 1 heterocycles. The van der Waals surface area contributed by atoms with Gasteiger partial charge in [0.2, 0.25) is 0 Å². The fourth-order valence-electron chi connectivity index (χ4n) is 2.14. The van der Waals surface area contributed by atoms with Crippen molar-refractivity contribution in [2.45, 2.75) is 0 Å². The van der Waals surface area contributed by atoms with Crippen LogP contribution in [0.15, 0.2) is 29.4 Å². The van der Waals surface area contributed by atoms with Crippen LogP contribution in [0.25, 0.3) is 0 Å². The van der Waals surface area contributed by atoms with Crippen molar-refractivity contribution in [3.63, 3.8) is 0 Å². The molecule has 0 amide bonds. The molecule has 0 N–H and O–H groups in total. The third-order valence-corrected chi connectivity index (χ3v) is 3.60. The van der Waals surface area contributed by atoms with Gasteiger partial charge in [-0.1, -0.05) is 28.9 Å². The number of nitrogens with zero attached hydrogens (tertiary/aromatic N) is 3. The van der Waals surface area contributed by atoms with Gasteiger partial charge in [-0.15, -0.1) is 0 Å². The summed E-state index contributed by atoms with van der Waals surface area (Å²) in [5, 5.41) is 4.89. The highest BCUT2D eigenvalue weighted by atomic mass is 35.5. The lowest BCUT2D eigenvalue weighted by Crippen LogP contribution is -2.46. The number of oxime groups is 1. The Balaban J connectivity index is 2.04. The number of benzene rings is 1. The molecule has 0 bridgehead atoms. The van der Waals surface area contributed by atoms with Crippen molar-refractivity contribution in [1.29, 1.82) is 0 Å². The summed E-state index contributed by atoms with van der Waals surface area (Å²) in [4.78, 5) is 9.70. The number of likely N-dealkylation sites (N-methyl/N-ethyl adjacent to an activating group) is 1. The predicted octanol–water partition coefficient (Wildman–Crippen LogP) is 1.94. The fraction of sp³-hybridized carbons (Fsp3) is 0.500. The Kier molecular flexibility index (Phi) is 5.19.